The normalized spacial score (nSPS) is 23.2. The molecule has 2 aromatic rings. The number of aryl methyl sites for hydroxylation is 4. The minimum atomic E-state index is -1.07. The summed E-state index contributed by atoms with van der Waals surface area (Å²) in [6.45, 7) is 2.89. The van der Waals surface area contributed by atoms with Crippen molar-refractivity contribution in [3.05, 3.63) is 46.6 Å². The van der Waals surface area contributed by atoms with E-state index < -0.39 is 17.4 Å². The van der Waals surface area contributed by atoms with E-state index >= 15 is 0 Å². The van der Waals surface area contributed by atoms with Gasteiger partial charge in [0.1, 0.15) is 11.5 Å². The van der Waals surface area contributed by atoms with Crippen LogP contribution in [0.25, 0.3) is 0 Å². The molecule has 0 bridgehead atoms. The van der Waals surface area contributed by atoms with Crippen LogP contribution >= 0.6 is 0 Å². The SMILES string of the molecule is Cc1cc(C2(C(=O)N[C@@H](CCOC3CC(CCc4ccc5c(n4)CCCC5)C3)C(=O)O)CCOCC2)on1. The van der Waals surface area contributed by atoms with Crippen LogP contribution in [0.1, 0.15) is 79.8 Å². The number of hydrogen-bond donors (Lipinski definition) is 2. The van der Waals surface area contributed by atoms with Gasteiger partial charge in [0, 0.05) is 43.7 Å². The summed E-state index contributed by atoms with van der Waals surface area (Å²) in [7, 11) is 0. The Kier molecular flexibility index (Phi) is 8.43. The molecule has 2 fully saturated rings. The fourth-order valence-electron chi connectivity index (χ4n) is 5.97. The molecule has 1 saturated heterocycles. The van der Waals surface area contributed by atoms with Crippen molar-refractivity contribution in [2.45, 2.75) is 95.1 Å². The van der Waals surface area contributed by atoms with Crippen LogP contribution in [-0.2, 0) is 43.7 Å². The second kappa shape index (κ2) is 11.9. The molecule has 3 aliphatic rings. The smallest absolute Gasteiger partial charge is 0.326 e. The molecule has 2 aliphatic carbocycles. The van der Waals surface area contributed by atoms with Crippen LogP contribution in [0, 0.1) is 12.8 Å². The maximum Gasteiger partial charge on any atom is 0.326 e. The minimum absolute atomic E-state index is 0.153. The lowest BCUT2D eigenvalue weighted by atomic mass is 9.76. The maximum absolute atomic E-state index is 13.4. The molecule has 3 heterocycles. The van der Waals surface area contributed by atoms with E-state index in [9.17, 15) is 14.7 Å². The summed E-state index contributed by atoms with van der Waals surface area (Å²) in [5, 5.41) is 16.5. The highest BCUT2D eigenvalue weighted by atomic mass is 16.5. The lowest BCUT2D eigenvalue weighted by molar-refractivity contribution is -0.145. The minimum Gasteiger partial charge on any atom is -0.480 e. The molecule has 0 unspecified atom stereocenters. The Morgan fingerprint density at radius 3 is 2.74 bits per heavy atom. The molecule has 5 rings (SSSR count). The fourth-order valence-corrected chi connectivity index (χ4v) is 5.97. The Labute approximate surface area is 223 Å². The number of fused-ring (bicyclic) bond motifs is 1. The first-order chi connectivity index (χ1) is 18.4. The van der Waals surface area contributed by atoms with Crippen LogP contribution in [0.3, 0.4) is 0 Å². The first-order valence-electron chi connectivity index (χ1n) is 14.1. The number of carbonyl (C=O) groups excluding carboxylic acids is 1. The predicted molar refractivity (Wildman–Crippen MR) is 139 cm³/mol. The van der Waals surface area contributed by atoms with E-state index in [0.717, 1.165) is 38.5 Å². The van der Waals surface area contributed by atoms with Crippen molar-refractivity contribution < 1.29 is 28.7 Å². The van der Waals surface area contributed by atoms with Gasteiger partial charge in [-0.1, -0.05) is 11.2 Å². The molecule has 0 aromatic carbocycles. The molecule has 9 nitrogen and oxygen atoms in total. The average molecular weight is 526 g/mol. The van der Waals surface area contributed by atoms with Gasteiger partial charge in [-0.05, 0) is 88.7 Å². The van der Waals surface area contributed by atoms with Gasteiger partial charge in [-0.2, -0.15) is 0 Å². The Morgan fingerprint density at radius 1 is 1.21 bits per heavy atom. The van der Waals surface area contributed by atoms with E-state index in [-0.39, 0.29) is 18.4 Å². The van der Waals surface area contributed by atoms with Gasteiger partial charge in [0.05, 0.1) is 11.8 Å². The van der Waals surface area contributed by atoms with Gasteiger partial charge < -0.3 is 24.4 Å². The number of aromatic nitrogens is 2. The monoisotopic (exact) mass is 525 g/mol. The van der Waals surface area contributed by atoms with Gasteiger partial charge in [0.25, 0.3) is 0 Å². The molecule has 1 amide bonds. The summed E-state index contributed by atoms with van der Waals surface area (Å²) in [6.07, 6.45) is 10.1. The largest absolute Gasteiger partial charge is 0.480 e. The number of pyridine rings is 1. The number of ether oxygens (including phenoxy) is 2. The molecule has 0 spiro atoms. The van der Waals surface area contributed by atoms with E-state index in [1.807, 2.05) is 0 Å². The highest BCUT2D eigenvalue weighted by Crippen LogP contribution is 2.36. The highest BCUT2D eigenvalue weighted by molar-refractivity contribution is 5.91. The van der Waals surface area contributed by atoms with Crippen LogP contribution < -0.4 is 5.32 Å². The number of hydrogen-bond acceptors (Lipinski definition) is 7. The molecule has 2 N–H and O–H groups in total. The average Bonchev–Trinajstić information content (AvgIpc) is 3.35. The first-order valence-corrected chi connectivity index (χ1v) is 14.1. The topological polar surface area (TPSA) is 124 Å². The number of aliphatic carboxylic acids is 1. The Balaban J connectivity index is 1.06. The lowest BCUT2D eigenvalue weighted by Gasteiger charge is -2.36. The second-order valence-electron chi connectivity index (χ2n) is 11.2. The summed E-state index contributed by atoms with van der Waals surface area (Å²) in [5.41, 5.74) is 3.62. The molecule has 1 aliphatic heterocycles. The van der Waals surface area contributed by atoms with E-state index in [1.54, 1.807) is 13.0 Å². The molecule has 2 aromatic heterocycles. The Bertz CT molecular complexity index is 1120. The molecule has 0 radical (unpaired) electrons. The van der Waals surface area contributed by atoms with Gasteiger partial charge in [0.15, 0.2) is 5.76 Å². The number of carboxylic acid groups (broad SMARTS) is 1. The third-order valence-electron chi connectivity index (χ3n) is 8.48. The van der Waals surface area contributed by atoms with Gasteiger partial charge in [-0.3, -0.25) is 9.78 Å². The fraction of sp³-hybridized carbons (Fsp3) is 0.655. The number of rotatable bonds is 11. The summed E-state index contributed by atoms with van der Waals surface area (Å²) >= 11 is 0. The van der Waals surface area contributed by atoms with Crippen LogP contribution in [0.4, 0.5) is 0 Å². The van der Waals surface area contributed by atoms with Gasteiger partial charge in [-0.15, -0.1) is 0 Å². The van der Waals surface area contributed by atoms with Crippen molar-refractivity contribution in [1.82, 2.24) is 15.5 Å². The quantitative estimate of drug-likeness (QED) is 0.455. The van der Waals surface area contributed by atoms with E-state index in [4.69, 9.17) is 19.0 Å². The van der Waals surface area contributed by atoms with Crippen LogP contribution in [0.5, 0.6) is 0 Å². The van der Waals surface area contributed by atoms with E-state index in [0.29, 0.717) is 50.0 Å². The summed E-state index contributed by atoms with van der Waals surface area (Å²) in [6, 6.07) is 5.17. The zero-order valence-corrected chi connectivity index (χ0v) is 22.2. The van der Waals surface area contributed by atoms with Gasteiger partial charge in [-0.25, -0.2) is 4.79 Å². The van der Waals surface area contributed by atoms with Crippen molar-refractivity contribution >= 4 is 11.9 Å². The number of amides is 1. The van der Waals surface area contributed by atoms with Gasteiger partial charge >= 0.3 is 5.97 Å². The third-order valence-corrected chi connectivity index (χ3v) is 8.48. The maximum atomic E-state index is 13.4. The predicted octanol–water partition coefficient (Wildman–Crippen LogP) is 3.69. The standard InChI is InChI=1S/C29H39N3O6/c1-19-16-26(38-32-19)29(11-14-36-15-12-29)28(35)31-25(27(33)34)10-13-37-23-17-20(18-23)6-8-22-9-7-21-4-2-3-5-24(21)30-22/h7,9,16,20,23,25H,2-6,8,10-15,17-18H2,1H3,(H,31,35)(H,33,34)/t20?,23?,25-/m0/s1. The van der Waals surface area contributed by atoms with Crippen LogP contribution in [0.15, 0.2) is 22.7 Å². The van der Waals surface area contributed by atoms with E-state index in [1.165, 1.54) is 29.8 Å². The Hall–Kier alpha value is -2.78. The third kappa shape index (κ3) is 6.10. The molecule has 206 valence electrons. The summed E-state index contributed by atoms with van der Waals surface area (Å²) in [5.74, 6) is -0.348. The summed E-state index contributed by atoms with van der Waals surface area (Å²) in [4.78, 5) is 30.2. The number of carbonyl (C=O) groups is 2. The molecular weight excluding hydrogens is 486 g/mol. The van der Waals surface area contributed by atoms with Crippen molar-refractivity contribution in [3.63, 3.8) is 0 Å². The molecule has 1 saturated carbocycles. The second-order valence-corrected chi connectivity index (χ2v) is 11.2. The summed E-state index contributed by atoms with van der Waals surface area (Å²) < 4.78 is 16.9. The molecular formula is C29H39N3O6. The van der Waals surface area contributed by atoms with Crippen molar-refractivity contribution in [1.29, 1.82) is 0 Å². The Morgan fingerprint density at radius 2 is 2.00 bits per heavy atom. The number of nitrogens with zero attached hydrogens (tertiary/aromatic N) is 2. The van der Waals surface area contributed by atoms with Crippen LogP contribution in [-0.4, -0.2) is 59.1 Å². The number of carboxylic acids is 1. The molecule has 1 atom stereocenters. The first kappa shape index (κ1) is 26.8. The van der Waals surface area contributed by atoms with E-state index in [2.05, 4.69) is 22.6 Å². The van der Waals surface area contributed by atoms with Crippen molar-refractivity contribution in [2.75, 3.05) is 19.8 Å². The zero-order chi connectivity index (χ0) is 26.5. The number of nitrogens with one attached hydrogen (secondary N) is 1. The molecule has 9 heteroatoms. The van der Waals surface area contributed by atoms with Crippen molar-refractivity contribution in [3.8, 4) is 0 Å². The lowest BCUT2D eigenvalue weighted by Crippen LogP contribution is -2.53. The highest BCUT2D eigenvalue weighted by Gasteiger charge is 2.46. The van der Waals surface area contributed by atoms with Crippen molar-refractivity contribution in [2.24, 2.45) is 5.92 Å². The zero-order valence-electron chi connectivity index (χ0n) is 22.2. The molecule has 38 heavy (non-hydrogen) atoms. The van der Waals surface area contributed by atoms with Crippen LogP contribution in [0.2, 0.25) is 0 Å². The van der Waals surface area contributed by atoms with Gasteiger partial charge in [0.2, 0.25) is 5.91 Å².